The van der Waals surface area contributed by atoms with E-state index in [-0.39, 0.29) is 52.6 Å². The number of likely N-dealkylation sites (tertiary alicyclic amines) is 2. The van der Waals surface area contributed by atoms with E-state index < -0.39 is 36.1 Å². The number of aromatic nitrogens is 6. The number of nitrogens with zero attached hydrogens (tertiary/aromatic N) is 6. The summed E-state index contributed by atoms with van der Waals surface area (Å²) in [5.74, 6) is -0.927. The van der Waals surface area contributed by atoms with Gasteiger partial charge in [0.2, 0.25) is 23.4 Å². The lowest BCUT2D eigenvalue weighted by Gasteiger charge is -2.29. The molecular weight excluding hydrogens is 724 g/mol. The number of aromatic amines is 2. The minimum Gasteiger partial charge on any atom is -0.453 e. The van der Waals surface area contributed by atoms with Crippen molar-refractivity contribution in [3.8, 4) is 0 Å². The SMILES string of the molecule is COC(=O)NC(C(=O)N1CCCC1c1ncc(C(=O)c2ncc(C(=O)c3ccc4nc(C5CCCN5C(=O)C(NC(=O)OC)C(C)C)[nH]c4c3)cn2)[nH]1)C(C)C. The molecule has 4 aromatic rings. The summed E-state index contributed by atoms with van der Waals surface area (Å²) in [5, 5.41) is 5.26. The van der Waals surface area contributed by atoms with E-state index in [1.165, 1.54) is 32.8 Å². The number of ketones is 2. The molecule has 0 radical (unpaired) electrons. The molecule has 2 aliphatic heterocycles. The van der Waals surface area contributed by atoms with Crippen molar-refractivity contribution in [1.82, 2.24) is 50.3 Å². The fourth-order valence-electron chi connectivity index (χ4n) is 7.19. The normalized spacial score (nSPS) is 17.9. The van der Waals surface area contributed by atoms with Gasteiger partial charge in [-0.05, 0) is 55.7 Å². The van der Waals surface area contributed by atoms with E-state index in [2.05, 4.69) is 35.6 Å². The van der Waals surface area contributed by atoms with Gasteiger partial charge in [0.05, 0.1) is 49.1 Å². The predicted octanol–water partition coefficient (Wildman–Crippen LogP) is 3.63. The Hall–Kier alpha value is -6.20. The number of hydrogen-bond donors (Lipinski definition) is 4. The smallest absolute Gasteiger partial charge is 0.407 e. The van der Waals surface area contributed by atoms with Crippen LogP contribution in [-0.2, 0) is 19.1 Å². The first-order chi connectivity index (χ1) is 26.8. The lowest BCUT2D eigenvalue weighted by atomic mass is 10.0. The van der Waals surface area contributed by atoms with Crippen LogP contribution in [-0.4, -0.2) is 115 Å². The molecule has 4 N–H and O–H groups in total. The number of H-pyrrole nitrogens is 2. The Morgan fingerprint density at radius 3 is 1.80 bits per heavy atom. The van der Waals surface area contributed by atoms with Crippen LogP contribution in [0.5, 0.6) is 0 Å². The molecule has 2 saturated heterocycles. The van der Waals surface area contributed by atoms with Gasteiger partial charge in [0.25, 0.3) is 0 Å². The molecule has 0 bridgehead atoms. The Labute approximate surface area is 322 Å². The van der Waals surface area contributed by atoms with E-state index in [0.717, 1.165) is 6.42 Å². The lowest BCUT2D eigenvalue weighted by molar-refractivity contribution is -0.136. The second-order valence-corrected chi connectivity index (χ2v) is 14.6. The van der Waals surface area contributed by atoms with Gasteiger partial charge in [0.1, 0.15) is 29.4 Å². The van der Waals surface area contributed by atoms with Crippen LogP contribution in [0.15, 0.2) is 36.8 Å². The average molecular weight is 771 g/mol. The van der Waals surface area contributed by atoms with Crippen LogP contribution in [0.4, 0.5) is 9.59 Å². The molecule has 2 aliphatic rings. The van der Waals surface area contributed by atoms with Crippen LogP contribution < -0.4 is 10.6 Å². The van der Waals surface area contributed by atoms with E-state index in [0.29, 0.717) is 60.6 Å². The summed E-state index contributed by atoms with van der Waals surface area (Å²) in [4.78, 5) is 105. The minimum atomic E-state index is -0.797. The maximum atomic E-state index is 13.6. The van der Waals surface area contributed by atoms with Crippen LogP contribution in [0.3, 0.4) is 0 Å². The van der Waals surface area contributed by atoms with Gasteiger partial charge >= 0.3 is 12.2 Å². The highest BCUT2D eigenvalue weighted by Crippen LogP contribution is 2.34. The number of fused-ring (bicyclic) bond motifs is 1. The summed E-state index contributed by atoms with van der Waals surface area (Å²) >= 11 is 0. The van der Waals surface area contributed by atoms with Crippen LogP contribution >= 0.6 is 0 Å². The zero-order valence-corrected chi connectivity index (χ0v) is 32.1. The number of benzene rings is 1. The molecule has 5 heterocycles. The summed E-state index contributed by atoms with van der Waals surface area (Å²) < 4.78 is 9.42. The maximum Gasteiger partial charge on any atom is 0.407 e. The Morgan fingerprint density at radius 1 is 0.714 bits per heavy atom. The number of nitrogens with one attached hydrogen (secondary N) is 4. The zero-order chi connectivity index (χ0) is 40.3. The first kappa shape index (κ1) is 39.5. The van der Waals surface area contributed by atoms with Gasteiger partial charge in [-0.15, -0.1) is 0 Å². The number of imidazole rings is 2. The highest BCUT2D eigenvalue weighted by molar-refractivity contribution is 6.10. The highest BCUT2D eigenvalue weighted by atomic mass is 16.5. The molecule has 4 atom stereocenters. The van der Waals surface area contributed by atoms with Gasteiger partial charge in [-0.25, -0.2) is 29.5 Å². The van der Waals surface area contributed by atoms with E-state index >= 15 is 0 Å². The third kappa shape index (κ3) is 8.08. The second-order valence-electron chi connectivity index (χ2n) is 14.6. The molecule has 0 aliphatic carbocycles. The van der Waals surface area contributed by atoms with Gasteiger partial charge in [-0.3, -0.25) is 19.2 Å². The van der Waals surface area contributed by atoms with Crippen molar-refractivity contribution in [2.75, 3.05) is 27.3 Å². The molecular formula is C38H46N10O8. The third-order valence-electron chi connectivity index (χ3n) is 10.2. The van der Waals surface area contributed by atoms with E-state index in [9.17, 15) is 28.8 Å². The summed E-state index contributed by atoms with van der Waals surface area (Å²) in [6.07, 6.45) is 5.33. The summed E-state index contributed by atoms with van der Waals surface area (Å²) in [6, 6.07) is 2.69. The molecule has 56 heavy (non-hydrogen) atoms. The Morgan fingerprint density at radius 2 is 1.27 bits per heavy atom. The number of carbonyl (C=O) groups excluding carboxylic acids is 6. The first-order valence-electron chi connectivity index (χ1n) is 18.6. The molecule has 0 saturated carbocycles. The van der Waals surface area contributed by atoms with Crippen LogP contribution in [0.25, 0.3) is 11.0 Å². The first-order valence-corrected chi connectivity index (χ1v) is 18.6. The van der Waals surface area contributed by atoms with Crippen LogP contribution in [0.2, 0.25) is 0 Å². The molecule has 0 spiro atoms. The number of methoxy groups -OCH3 is 2. The van der Waals surface area contributed by atoms with E-state index in [4.69, 9.17) is 14.5 Å². The average Bonchev–Trinajstić information content (AvgIpc) is 4.03. The molecule has 4 amide bonds. The van der Waals surface area contributed by atoms with Crippen molar-refractivity contribution in [2.24, 2.45) is 11.8 Å². The summed E-state index contributed by atoms with van der Waals surface area (Å²) in [5.41, 5.74) is 1.84. The van der Waals surface area contributed by atoms with Crippen molar-refractivity contribution in [3.05, 3.63) is 71.1 Å². The van der Waals surface area contributed by atoms with Gasteiger partial charge in [-0.1, -0.05) is 27.7 Å². The fourth-order valence-corrected chi connectivity index (χ4v) is 7.19. The second kappa shape index (κ2) is 16.7. The largest absolute Gasteiger partial charge is 0.453 e. The van der Waals surface area contributed by atoms with Gasteiger partial charge in [0.15, 0.2) is 5.78 Å². The lowest BCUT2D eigenvalue weighted by Crippen LogP contribution is -2.51. The number of hydrogen-bond acceptors (Lipinski definition) is 12. The molecule has 18 heteroatoms. The monoisotopic (exact) mass is 770 g/mol. The van der Waals surface area contributed by atoms with E-state index in [1.807, 2.05) is 27.7 Å². The van der Waals surface area contributed by atoms with Gasteiger partial charge < -0.3 is 39.9 Å². The predicted molar refractivity (Wildman–Crippen MR) is 199 cm³/mol. The van der Waals surface area contributed by atoms with Gasteiger partial charge in [-0.2, -0.15) is 0 Å². The van der Waals surface area contributed by atoms with Crippen molar-refractivity contribution >= 4 is 46.6 Å². The Kier molecular flexibility index (Phi) is 11.8. The highest BCUT2D eigenvalue weighted by Gasteiger charge is 2.39. The maximum absolute atomic E-state index is 13.6. The summed E-state index contributed by atoms with van der Waals surface area (Å²) in [7, 11) is 2.49. The molecule has 2 fully saturated rings. The van der Waals surface area contributed by atoms with Crippen molar-refractivity contribution in [1.29, 1.82) is 0 Å². The fraction of sp³-hybridized carbons (Fsp3) is 0.474. The number of carbonyl (C=O) groups is 6. The molecule has 4 unspecified atom stereocenters. The van der Waals surface area contributed by atoms with Crippen molar-refractivity contribution in [2.45, 2.75) is 77.5 Å². The number of rotatable bonds is 12. The Balaban J connectivity index is 1.13. The molecule has 6 rings (SSSR count). The molecule has 3 aromatic heterocycles. The third-order valence-corrected chi connectivity index (χ3v) is 10.2. The van der Waals surface area contributed by atoms with Crippen LogP contribution in [0.1, 0.15) is 109 Å². The summed E-state index contributed by atoms with van der Waals surface area (Å²) in [6.45, 7) is 8.32. The van der Waals surface area contributed by atoms with Gasteiger partial charge in [0, 0.05) is 31.0 Å². The van der Waals surface area contributed by atoms with Crippen LogP contribution in [0, 0.1) is 11.8 Å². The minimum absolute atomic E-state index is 0.119. The standard InChI is InChI=1S/C38H46N10O8/c1-19(2)28(45-37(53)55-5)35(51)47-13-7-9-26(47)32-41-18-25(44-32)31(50)34-39-16-22(17-40-34)30(49)21-11-12-23-24(15-21)43-33(42-23)27-10-8-14-48(27)36(52)29(20(3)4)46-38(54)56-6/h11-12,15-20,26-29H,7-10,13-14H2,1-6H3,(H,41,44)(H,42,43)(H,45,53)(H,46,54). The number of ether oxygens (including phenoxy) is 2. The topological polar surface area (TPSA) is 235 Å². The molecule has 296 valence electrons. The Bertz CT molecular complexity index is 2130. The van der Waals surface area contributed by atoms with Crippen molar-refractivity contribution < 1.29 is 38.2 Å². The number of amides is 4. The van der Waals surface area contributed by atoms with Crippen molar-refractivity contribution in [3.63, 3.8) is 0 Å². The zero-order valence-electron chi connectivity index (χ0n) is 32.1. The quantitative estimate of drug-likeness (QED) is 0.151. The molecule has 1 aromatic carbocycles. The number of alkyl carbamates (subject to hydrolysis) is 2. The molecule has 18 nitrogen and oxygen atoms in total. The van der Waals surface area contributed by atoms with E-state index in [1.54, 1.807) is 28.0 Å².